The van der Waals surface area contributed by atoms with Crippen LogP contribution in [0.3, 0.4) is 0 Å². The minimum absolute atomic E-state index is 0.110. The van der Waals surface area contributed by atoms with E-state index in [9.17, 15) is 9.59 Å². The molecule has 2 aromatic heterocycles. The largest absolute Gasteiger partial charge is 0.462 e. The third kappa shape index (κ3) is 4.96. The zero-order valence-corrected chi connectivity index (χ0v) is 16.9. The number of aromatic nitrogens is 4. The van der Waals surface area contributed by atoms with Crippen LogP contribution < -0.4 is 5.32 Å². The smallest absolute Gasteiger partial charge is 0.338 e. The number of benzene rings is 1. The first-order chi connectivity index (χ1) is 14.0. The van der Waals surface area contributed by atoms with E-state index in [0.29, 0.717) is 36.5 Å². The summed E-state index contributed by atoms with van der Waals surface area (Å²) in [5.41, 5.74) is 3.88. The van der Waals surface area contributed by atoms with Crippen molar-refractivity contribution in [2.45, 2.75) is 46.5 Å². The highest BCUT2D eigenvalue weighted by Gasteiger charge is 2.13. The van der Waals surface area contributed by atoms with Gasteiger partial charge in [-0.1, -0.05) is 13.3 Å². The lowest BCUT2D eigenvalue weighted by Crippen LogP contribution is -2.14. The van der Waals surface area contributed by atoms with Crippen molar-refractivity contribution in [1.82, 2.24) is 19.6 Å². The fourth-order valence-corrected chi connectivity index (χ4v) is 3.06. The summed E-state index contributed by atoms with van der Waals surface area (Å²) in [6.07, 6.45) is 4.14. The summed E-state index contributed by atoms with van der Waals surface area (Å²) in [5, 5.41) is 7.02. The van der Waals surface area contributed by atoms with Gasteiger partial charge in [-0.25, -0.2) is 14.3 Å². The van der Waals surface area contributed by atoms with Crippen LogP contribution in [0, 0.1) is 13.8 Å². The molecule has 2 heterocycles. The molecule has 0 saturated heterocycles. The molecule has 0 unspecified atom stereocenters. The van der Waals surface area contributed by atoms with E-state index in [1.54, 1.807) is 28.8 Å². The number of unbranched alkanes of at least 4 members (excludes halogenated alkanes) is 1. The summed E-state index contributed by atoms with van der Waals surface area (Å²) in [4.78, 5) is 32.8. The maximum Gasteiger partial charge on any atom is 0.338 e. The van der Waals surface area contributed by atoms with Crippen molar-refractivity contribution in [3.63, 3.8) is 0 Å². The fraction of sp³-hybridized carbons (Fsp3) is 0.381. The van der Waals surface area contributed by atoms with E-state index in [1.807, 2.05) is 20.8 Å². The van der Waals surface area contributed by atoms with Crippen LogP contribution in [-0.4, -0.2) is 38.1 Å². The van der Waals surface area contributed by atoms with E-state index in [4.69, 9.17) is 4.74 Å². The van der Waals surface area contributed by atoms with Crippen molar-refractivity contribution in [1.29, 1.82) is 0 Å². The summed E-state index contributed by atoms with van der Waals surface area (Å²) in [6.45, 7) is 6.31. The SMILES string of the molecule is CCCCOC(=O)c1ccc(NC(=O)CCc2c(C)nc3ncnn3c2C)cc1. The van der Waals surface area contributed by atoms with Crippen molar-refractivity contribution in [2.24, 2.45) is 0 Å². The van der Waals surface area contributed by atoms with Crippen LogP contribution in [0.2, 0.25) is 0 Å². The van der Waals surface area contributed by atoms with Gasteiger partial charge in [0.25, 0.3) is 5.78 Å². The highest BCUT2D eigenvalue weighted by molar-refractivity contribution is 5.93. The van der Waals surface area contributed by atoms with E-state index >= 15 is 0 Å². The van der Waals surface area contributed by atoms with Crippen LogP contribution in [0.1, 0.15) is 53.5 Å². The Hall–Kier alpha value is -3.29. The van der Waals surface area contributed by atoms with Crippen molar-refractivity contribution in [3.8, 4) is 0 Å². The zero-order valence-electron chi connectivity index (χ0n) is 16.9. The first-order valence-corrected chi connectivity index (χ1v) is 9.72. The normalized spacial score (nSPS) is 10.9. The number of amides is 1. The third-order valence-corrected chi connectivity index (χ3v) is 4.73. The molecule has 0 aliphatic heterocycles. The van der Waals surface area contributed by atoms with Crippen molar-refractivity contribution in [3.05, 3.63) is 53.1 Å². The second-order valence-electron chi connectivity index (χ2n) is 6.85. The first-order valence-electron chi connectivity index (χ1n) is 9.72. The van der Waals surface area contributed by atoms with Crippen LogP contribution >= 0.6 is 0 Å². The molecule has 3 aromatic rings. The molecule has 0 spiro atoms. The molecule has 0 bridgehead atoms. The fourth-order valence-electron chi connectivity index (χ4n) is 3.06. The highest BCUT2D eigenvalue weighted by Crippen LogP contribution is 2.16. The predicted octanol–water partition coefficient (Wildman–Crippen LogP) is 3.27. The number of carbonyl (C=O) groups excluding carboxylic acids is 2. The van der Waals surface area contributed by atoms with Gasteiger partial charge in [0.1, 0.15) is 6.33 Å². The number of nitrogens with one attached hydrogen (secondary N) is 1. The Morgan fingerprint density at radius 2 is 1.93 bits per heavy atom. The van der Waals surface area contributed by atoms with Gasteiger partial charge >= 0.3 is 5.97 Å². The van der Waals surface area contributed by atoms with Gasteiger partial charge in [0.05, 0.1) is 12.2 Å². The van der Waals surface area contributed by atoms with E-state index in [2.05, 4.69) is 20.4 Å². The first kappa shape index (κ1) is 20.4. The lowest BCUT2D eigenvalue weighted by molar-refractivity contribution is -0.116. The van der Waals surface area contributed by atoms with Crippen LogP contribution in [-0.2, 0) is 16.0 Å². The molecule has 0 saturated carbocycles. The quantitative estimate of drug-likeness (QED) is 0.464. The van der Waals surface area contributed by atoms with Gasteiger partial charge < -0.3 is 10.1 Å². The van der Waals surface area contributed by atoms with Gasteiger partial charge in [-0.15, -0.1) is 0 Å². The maximum absolute atomic E-state index is 12.4. The van der Waals surface area contributed by atoms with Crippen LogP contribution in [0.25, 0.3) is 5.78 Å². The summed E-state index contributed by atoms with van der Waals surface area (Å²) in [7, 11) is 0. The number of nitrogens with zero attached hydrogens (tertiary/aromatic N) is 4. The third-order valence-electron chi connectivity index (χ3n) is 4.73. The molecule has 152 valence electrons. The number of ether oxygens (including phenoxy) is 1. The number of anilines is 1. The van der Waals surface area contributed by atoms with Gasteiger partial charge in [-0.2, -0.15) is 10.1 Å². The Morgan fingerprint density at radius 3 is 2.66 bits per heavy atom. The monoisotopic (exact) mass is 395 g/mol. The number of carbonyl (C=O) groups is 2. The van der Waals surface area contributed by atoms with Gasteiger partial charge in [-0.3, -0.25) is 4.79 Å². The molecule has 0 aliphatic rings. The zero-order chi connectivity index (χ0) is 20.8. The van der Waals surface area contributed by atoms with Crippen molar-refractivity contribution < 1.29 is 14.3 Å². The number of esters is 1. The van der Waals surface area contributed by atoms with Crippen molar-refractivity contribution in [2.75, 3.05) is 11.9 Å². The van der Waals surface area contributed by atoms with Crippen LogP contribution in [0.5, 0.6) is 0 Å². The topological polar surface area (TPSA) is 98.5 Å². The molecule has 1 amide bonds. The number of hydrogen-bond acceptors (Lipinski definition) is 6. The Bertz CT molecular complexity index is 1010. The van der Waals surface area contributed by atoms with E-state index in [-0.39, 0.29) is 11.9 Å². The molecular weight excluding hydrogens is 370 g/mol. The molecule has 0 atom stereocenters. The number of rotatable bonds is 8. The Labute approximate surface area is 169 Å². The Kier molecular flexibility index (Phi) is 6.54. The molecule has 3 rings (SSSR count). The van der Waals surface area contributed by atoms with E-state index < -0.39 is 0 Å². The van der Waals surface area contributed by atoms with Gasteiger partial charge in [0.15, 0.2) is 0 Å². The Morgan fingerprint density at radius 1 is 1.17 bits per heavy atom. The van der Waals surface area contributed by atoms with Crippen LogP contribution in [0.4, 0.5) is 5.69 Å². The number of aryl methyl sites for hydroxylation is 2. The predicted molar refractivity (Wildman–Crippen MR) is 109 cm³/mol. The molecule has 8 nitrogen and oxygen atoms in total. The summed E-state index contributed by atoms with van der Waals surface area (Å²) < 4.78 is 6.86. The second-order valence-corrected chi connectivity index (χ2v) is 6.85. The number of fused-ring (bicyclic) bond motifs is 1. The van der Waals surface area contributed by atoms with E-state index in [1.165, 1.54) is 6.33 Å². The minimum Gasteiger partial charge on any atom is -0.462 e. The number of hydrogen-bond donors (Lipinski definition) is 1. The molecular formula is C21H25N5O3. The summed E-state index contributed by atoms with van der Waals surface area (Å²) in [6, 6.07) is 6.71. The van der Waals surface area contributed by atoms with E-state index in [0.717, 1.165) is 29.8 Å². The highest BCUT2D eigenvalue weighted by atomic mass is 16.5. The average molecular weight is 395 g/mol. The Balaban J connectivity index is 1.56. The molecule has 0 radical (unpaired) electrons. The lowest BCUT2D eigenvalue weighted by atomic mass is 10.1. The average Bonchev–Trinajstić information content (AvgIpc) is 3.17. The standard InChI is InChI=1S/C21H25N5O3/c1-4-5-12-29-20(28)16-6-8-17(9-7-16)25-19(27)11-10-18-14(2)24-21-22-13-23-26(21)15(18)3/h6-9,13H,4-5,10-12H2,1-3H3,(H,25,27). The molecule has 0 fully saturated rings. The summed E-state index contributed by atoms with van der Waals surface area (Å²) >= 11 is 0. The summed E-state index contributed by atoms with van der Waals surface area (Å²) in [5.74, 6) is 0.0977. The van der Waals surface area contributed by atoms with Gasteiger partial charge in [0.2, 0.25) is 5.91 Å². The molecule has 1 aromatic carbocycles. The molecule has 29 heavy (non-hydrogen) atoms. The molecule has 1 N–H and O–H groups in total. The van der Waals surface area contributed by atoms with Crippen molar-refractivity contribution >= 4 is 23.3 Å². The maximum atomic E-state index is 12.4. The van der Waals surface area contributed by atoms with Gasteiger partial charge in [0, 0.05) is 23.5 Å². The molecule has 8 heteroatoms. The van der Waals surface area contributed by atoms with Crippen LogP contribution in [0.15, 0.2) is 30.6 Å². The minimum atomic E-state index is -0.349. The second kappa shape index (κ2) is 9.27. The lowest BCUT2D eigenvalue weighted by Gasteiger charge is -2.11. The molecule has 0 aliphatic carbocycles. The van der Waals surface area contributed by atoms with Gasteiger partial charge in [-0.05, 0) is 56.5 Å².